The number of hydrogen-bond acceptors (Lipinski definition) is 4. The van der Waals surface area contributed by atoms with Crippen LogP contribution < -0.4 is 4.90 Å². The van der Waals surface area contributed by atoms with Crippen LogP contribution in [0.4, 0.5) is 10.2 Å². The number of piperidine rings is 1. The molecule has 1 aromatic rings. The fourth-order valence-electron chi connectivity index (χ4n) is 1.81. The minimum atomic E-state index is -0.589. The van der Waals surface area contributed by atoms with Crippen molar-refractivity contribution in [3.05, 3.63) is 17.3 Å². The quantitative estimate of drug-likeness (QED) is 0.586. The van der Waals surface area contributed by atoms with Gasteiger partial charge in [-0.1, -0.05) is 11.6 Å². The van der Waals surface area contributed by atoms with Crippen LogP contribution in [-0.2, 0) is 4.79 Å². The first-order chi connectivity index (χ1) is 7.72. The lowest BCUT2D eigenvalue weighted by molar-refractivity contribution is -0.111. The van der Waals surface area contributed by atoms with Crippen LogP contribution >= 0.6 is 11.6 Å². The monoisotopic (exact) mass is 243 g/mol. The molecule has 2 rings (SSSR count). The second-order valence-electron chi connectivity index (χ2n) is 3.76. The van der Waals surface area contributed by atoms with Gasteiger partial charge < -0.3 is 9.69 Å². The summed E-state index contributed by atoms with van der Waals surface area (Å²) in [4.78, 5) is 19.8. The standard InChI is InChI=1S/C10H11ClFN3O/c11-9-8(12)10(14-6-13-9)15-3-1-7(5-16)2-4-15/h5-7H,1-4H2. The van der Waals surface area contributed by atoms with E-state index in [2.05, 4.69) is 9.97 Å². The van der Waals surface area contributed by atoms with Gasteiger partial charge in [0.2, 0.25) is 5.82 Å². The summed E-state index contributed by atoms with van der Waals surface area (Å²) in [7, 11) is 0. The number of hydrogen-bond donors (Lipinski definition) is 0. The summed E-state index contributed by atoms with van der Waals surface area (Å²) < 4.78 is 13.6. The van der Waals surface area contributed by atoms with Crippen molar-refractivity contribution in [2.24, 2.45) is 5.92 Å². The zero-order valence-electron chi connectivity index (χ0n) is 8.57. The number of carbonyl (C=O) groups is 1. The molecule has 2 heterocycles. The highest BCUT2D eigenvalue weighted by atomic mass is 35.5. The van der Waals surface area contributed by atoms with Crippen molar-refractivity contribution in [2.75, 3.05) is 18.0 Å². The molecule has 0 atom stereocenters. The zero-order chi connectivity index (χ0) is 11.5. The average Bonchev–Trinajstić information content (AvgIpc) is 2.33. The fraction of sp³-hybridized carbons (Fsp3) is 0.500. The predicted molar refractivity (Wildman–Crippen MR) is 58.0 cm³/mol. The fourth-order valence-corrected chi connectivity index (χ4v) is 1.94. The lowest BCUT2D eigenvalue weighted by Gasteiger charge is -2.30. The normalized spacial score (nSPS) is 17.5. The smallest absolute Gasteiger partial charge is 0.202 e. The Bertz CT molecular complexity index is 394. The highest BCUT2D eigenvalue weighted by molar-refractivity contribution is 6.29. The summed E-state index contributed by atoms with van der Waals surface area (Å²) >= 11 is 5.58. The number of aromatic nitrogens is 2. The Labute approximate surface area is 97.4 Å². The molecule has 6 heteroatoms. The van der Waals surface area contributed by atoms with Crippen LogP contribution in [0.25, 0.3) is 0 Å². The highest BCUT2D eigenvalue weighted by Gasteiger charge is 2.22. The van der Waals surface area contributed by atoms with Gasteiger partial charge in [0.15, 0.2) is 11.0 Å². The summed E-state index contributed by atoms with van der Waals surface area (Å²) in [5.74, 6) is -0.283. The summed E-state index contributed by atoms with van der Waals surface area (Å²) in [5, 5.41) is -0.164. The molecule has 0 aromatic carbocycles. The van der Waals surface area contributed by atoms with Crippen LogP contribution in [0.5, 0.6) is 0 Å². The lowest BCUT2D eigenvalue weighted by atomic mass is 9.99. The molecule has 0 spiro atoms. The van der Waals surface area contributed by atoms with Crippen molar-refractivity contribution >= 4 is 23.7 Å². The van der Waals surface area contributed by atoms with Crippen LogP contribution in [0.1, 0.15) is 12.8 Å². The summed E-state index contributed by atoms with van der Waals surface area (Å²) in [6.45, 7) is 1.24. The minimum absolute atomic E-state index is 0.0802. The third-order valence-corrected chi connectivity index (χ3v) is 3.02. The van der Waals surface area contributed by atoms with Gasteiger partial charge in [-0.15, -0.1) is 0 Å². The summed E-state index contributed by atoms with van der Waals surface area (Å²) in [6.07, 6.45) is 3.66. The Morgan fingerprint density at radius 3 is 2.75 bits per heavy atom. The zero-order valence-corrected chi connectivity index (χ0v) is 9.32. The van der Waals surface area contributed by atoms with Crippen LogP contribution in [0.3, 0.4) is 0 Å². The van der Waals surface area contributed by atoms with Gasteiger partial charge in [0.1, 0.15) is 12.6 Å². The van der Waals surface area contributed by atoms with Gasteiger partial charge in [-0.2, -0.15) is 4.39 Å². The molecule has 1 fully saturated rings. The van der Waals surface area contributed by atoms with Gasteiger partial charge in [0.25, 0.3) is 0 Å². The molecular weight excluding hydrogens is 233 g/mol. The maximum atomic E-state index is 13.6. The molecule has 0 radical (unpaired) electrons. The van der Waals surface area contributed by atoms with Gasteiger partial charge in [-0.05, 0) is 12.8 Å². The molecule has 0 aliphatic carbocycles. The third kappa shape index (κ3) is 2.14. The summed E-state index contributed by atoms with van der Waals surface area (Å²) in [6, 6.07) is 0. The largest absolute Gasteiger partial charge is 0.354 e. The maximum Gasteiger partial charge on any atom is 0.202 e. The number of halogens is 2. The molecule has 1 aliphatic heterocycles. The van der Waals surface area contributed by atoms with E-state index in [-0.39, 0.29) is 16.9 Å². The topological polar surface area (TPSA) is 46.1 Å². The SMILES string of the molecule is O=CC1CCN(c2ncnc(Cl)c2F)CC1. The Kier molecular flexibility index (Phi) is 3.33. The number of aldehydes is 1. The van der Waals surface area contributed by atoms with Gasteiger partial charge in [0.05, 0.1) is 0 Å². The average molecular weight is 244 g/mol. The molecule has 0 N–H and O–H groups in total. The first kappa shape index (κ1) is 11.3. The molecule has 0 amide bonds. The van der Waals surface area contributed by atoms with Gasteiger partial charge >= 0.3 is 0 Å². The van der Waals surface area contributed by atoms with Gasteiger partial charge in [-0.25, -0.2) is 9.97 Å². The molecule has 1 saturated heterocycles. The number of anilines is 1. The molecule has 0 bridgehead atoms. The van der Waals surface area contributed by atoms with E-state index in [0.717, 1.165) is 19.1 Å². The van der Waals surface area contributed by atoms with Crippen molar-refractivity contribution < 1.29 is 9.18 Å². The van der Waals surface area contributed by atoms with E-state index in [1.807, 2.05) is 0 Å². The van der Waals surface area contributed by atoms with Crippen LogP contribution in [0.15, 0.2) is 6.33 Å². The van der Waals surface area contributed by atoms with Crippen LogP contribution in [0.2, 0.25) is 5.15 Å². The van der Waals surface area contributed by atoms with E-state index in [0.29, 0.717) is 13.1 Å². The van der Waals surface area contributed by atoms with Gasteiger partial charge in [0, 0.05) is 19.0 Å². The number of nitrogens with zero attached hydrogens (tertiary/aromatic N) is 3. The first-order valence-corrected chi connectivity index (χ1v) is 5.46. The van der Waals surface area contributed by atoms with Crippen molar-refractivity contribution in [1.82, 2.24) is 9.97 Å². The molecule has 16 heavy (non-hydrogen) atoms. The van der Waals surface area contributed by atoms with Crippen molar-refractivity contribution in [3.63, 3.8) is 0 Å². The lowest BCUT2D eigenvalue weighted by Crippen LogP contribution is -2.35. The minimum Gasteiger partial charge on any atom is -0.354 e. The molecule has 86 valence electrons. The Balaban J connectivity index is 2.14. The van der Waals surface area contributed by atoms with E-state index in [4.69, 9.17) is 11.6 Å². The van der Waals surface area contributed by atoms with E-state index in [1.54, 1.807) is 4.90 Å². The van der Waals surface area contributed by atoms with Crippen molar-refractivity contribution in [1.29, 1.82) is 0 Å². The van der Waals surface area contributed by atoms with Crippen LogP contribution in [-0.4, -0.2) is 29.3 Å². The Hall–Kier alpha value is -1.23. The van der Waals surface area contributed by atoms with Gasteiger partial charge in [-0.3, -0.25) is 0 Å². The molecule has 0 unspecified atom stereocenters. The summed E-state index contributed by atoms with van der Waals surface area (Å²) in [5.41, 5.74) is 0. The van der Waals surface area contributed by atoms with E-state index < -0.39 is 5.82 Å². The van der Waals surface area contributed by atoms with Crippen molar-refractivity contribution in [3.8, 4) is 0 Å². The van der Waals surface area contributed by atoms with E-state index in [9.17, 15) is 9.18 Å². The predicted octanol–water partition coefficient (Wildman–Crippen LogP) is 1.68. The number of carbonyl (C=O) groups excluding carboxylic acids is 1. The Morgan fingerprint density at radius 1 is 1.44 bits per heavy atom. The second kappa shape index (κ2) is 4.74. The van der Waals surface area contributed by atoms with Crippen molar-refractivity contribution in [2.45, 2.75) is 12.8 Å². The molecular formula is C10H11ClFN3O. The third-order valence-electron chi connectivity index (χ3n) is 2.76. The Morgan fingerprint density at radius 2 is 2.12 bits per heavy atom. The van der Waals surface area contributed by atoms with E-state index in [1.165, 1.54) is 6.33 Å². The second-order valence-corrected chi connectivity index (χ2v) is 4.12. The molecule has 4 nitrogen and oxygen atoms in total. The number of rotatable bonds is 2. The first-order valence-electron chi connectivity index (χ1n) is 5.08. The highest BCUT2D eigenvalue weighted by Crippen LogP contribution is 2.25. The van der Waals surface area contributed by atoms with Crippen LogP contribution in [0, 0.1) is 11.7 Å². The molecule has 0 saturated carbocycles. The maximum absolute atomic E-state index is 13.6. The van der Waals surface area contributed by atoms with E-state index >= 15 is 0 Å². The molecule has 1 aliphatic rings. The molecule has 1 aromatic heterocycles.